The highest BCUT2D eigenvalue weighted by molar-refractivity contribution is 9.10. The number of hydrogen-bond acceptors (Lipinski definition) is 3. The molecule has 17 heavy (non-hydrogen) atoms. The van der Waals surface area contributed by atoms with Gasteiger partial charge in [0.25, 0.3) is 0 Å². The van der Waals surface area contributed by atoms with Crippen molar-refractivity contribution >= 4 is 27.0 Å². The molecule has 0 radical (unpaired) electrons. The number of H-pyrrole nitrogens is 2. The van der Waals surface area contributed by atoms with Crippen LogP contribution in [0.5, 0.6) is 0 Å². The molecule has 1 aromatic heterocycles. The molecule has 1 aliphatic rings. The molecule has 3 N–H and O–H groups in total. The minimum absolute atomic E-state index is 0.597. The van der Waals surface area contributed by atoms with Crippen molar-refractivity contribution in [2.24, 2.45) is 0 Å². The van der Waals surface area contributed by atoms with Gasteiger partial charge < -0.3 is 15.3 Å². The maximum absolute atomic E-state index is 11.4. The van der Waals surface area contributed by atoms with Gasteiger partial charge in [-0.25, -0.2) is 0 Å². The average Bonchev–Trinajstić information content (AvgIpc) is 2.32. The largest absolute Gasteiger partial charge is 0.316 e. The fourth-order valence-corrected chi connectivity index (χ4v) is 2.84. The molecule has 0 saturated heterocycles. The van der Waals surface area contributed by atoms with E-state index in [0.29, 0.717) is 5.52 Å². The molecule has 2 heterocycles. The smallest absolute Gasteiger partial charge is 0.314 e. The summed E-state index contributed by atoms with van der Waals surface area (Å²) < 4.78 is 0.954. The summed E-state index contributed by atoms with van der Waals surface area (Å²) in [5.41, 5.74) is 2.45. The zero-order valence-corrected chi connectivity index (χ0v) is 10.5. The molecule has 1 aliphatic heterocycles. The van der Waals surface area contributed by atoms with E-state index in [1.807, 2.05) is 6.07 Å². The van der Waals surface area contributed by atoms with Crippen LogP contribution in [0.2, 0.25) is 0 Å². The summed E-state index contributed by atoms with van der Waals surface area (Å²) in [5.74, 6) is 0. The molecule has 3 rings (SSSR count). The summed E-state index contributed by atoms with van der Waals surface area (Å²) in [6, 6.07) is 1.83. The van der Waals surface area contributed by atoms with Gasteiger partial charge in [0.1, 0.15) is 0 Å². The van der Waals surface area contributed by atoms with Gasteiger partial charge in [-0.2, -0.15) is 0 Å². The second-order valence-corrected chi connectivity index (χ2v) is 4.93. The van der Waals surface area contributed by atoms with E-state index >= 15 is 0 Å². The summed E-state index contributed by atoms with van der Waals surface area (Å²) in [6.07, 6.45) is 0.841. The quantitative estimate of drug-likeness (QED) is 0.624. The van der Waals surface area contributed by atoms with Crippen LogP contribution >= 0.6 is 15.9 Å². The Labute approximate surface area is 104 Å². The molecule has 0 amide bonds. The zero-order valence-electron chi connectivity index (χ0n) is 8.89. The number of halogens is 1. The fourth-order valence-electron chi connectivity index (χ4n) is 2.23. The van der Waals surface area contributed by atoms with Crippen LogP contribution < -0.4 is 16.4 Å². The van der Waals surface area contributed by atoms with Crippen molar-refractivity contribution in [2.45, 2.75) is 13.0 Å². The molecule has 6 heteroatoms. The van der Waals surface area contributed by atoms with E-state index in [9.17, 15) is 9.59 Å². The van der Waals surface area contributed by atoms with E-state index in [-0.39, 0.29) is 0 Å². The molecular formula is C11H10BrN3O2. The molecule has 1 aromatic carbocycles. The van der Waals surface area contributed by atoms with Gasteiger partial charge in [-0.15, -0.1) is 0 Å². The fraction of sp³-hybridized carbons (Fsp3) is 0.273. The highest BCUT2D eigenvalue weighted by Crippen LogP contribution is 2.28. The van der Waals surface area contributed by atoms with E-state index in [1.165, 1.54) is 0 Å². The molecule has 0 atom stereocenters. The van der Waals surface area contributed by atoms with Gasteiger partial charge in [-0.1, -0.05) is 15.9 Å². The number of benzene rings is 1. The lowest BCUT2D eigenvalue weighted by Gasteiger charge is -2.20. The van der Waals surface area contributed by atoms with Crippen LogP contribution in [0.3, 0.4) is 0 Å². The van der Waals surface area contributed by atoms with Gasteiger partial charge in [0.2, 0.25) is 0 Å². The molecule has 2 aromatic rings. The minimum atomic E-state index is -0.613. The Morgan fingerprint density at radius 3 is 2.71 bits per heavy atom. The van der Waals surface area contributed by atoms with Gasteiger partial charge in [0.05, 0.1) is 11.0 Å². The standard InChI is InChI=1S/C11H10BrN3O2/c12-7-3-8-9(15-11(17)10(16)14-8)5-1-2-13-4-6(5)7/h3,13H,1-2,4H2,(H,14,16)(H,15,17). The normalized spacial score (nSPS) is 14.9. The lowest BCUT2D eigenvalue weighted by Crippen LogP contribution is -2.31. The molecule has 0 aliphatic carbocycles. The van der Waals surface area contributed by atoms with Gasteiger partial charge >= 0.3 is 11.1 Å². The Bertz CT molecular complexity index is 717. The molecule has 0 spiro atoms. The summed E-state index contributed by atoms with van der Waals surface area (Å²) in [7, 11) is 0. The lowest BCUT2D eigenvalue weighted by molar-refractivity contribution is 0.644. The summed E-state index contributed by atoms with van der Waals surface area (Å²) >= 11 is 3.49. The third-order valence-corrected chi connectivity index (χ3v) is 3.75. The predicted octanol–water partition coefficient (Wildman–Crippen LogP) is 0.625. The number of nitrogens with one attached hydrogen (secondary N) is 3. The van der Waals surface area contributed by atoms with Crippen LogP contribution in [0.25, 0.3) is 11.0 Å². The van der Waals surface area contributed by atoms with Gasteiger partial charge in [0, 0.05) is 11.0 Å². The van der Waals surface area contributed by atoms with Gasteiger partial charge in [0.15, 0.2) is 0 Å². The maximum Gasteiger partial charge on any atom is 0.314 e. The van der Waals surface area contributed by atoms with Gasteiger partial charge in [-0.05, 0) is 30.2 Å². The monoisotopic (exact) mass is 295 g/mol. The highest BCUT2D eigenvalue weighted by atomic mass is 79.9. The predicted molar refractivity (Wildman–Crippen MR) is 68.3 cm³/mol. The van der Waals surface area contributed by atoms with E-state index < -0.39 is 11.1 Å². The third kappa shape index (κ3) is 1.64. The minimum Gasteiger partial charge on any atom is -0.316 e. The zero-order chi connectivity index (χ0) is 12.0. The van der Waals surface area contributed by atoms with Crippen LogP contribution in [0.4, 0.5) is 0 Å². The Morgan fingerprint density at radius 2 is 1.88 bits per heavy atom. The Balaban J connectivity index is 2.47. The first-order valence-electron chi connectivity index (χ1n) is 5.34. The van der Waals surface area contributed by atoms with Crippen molar-refractivity contribution in [3.63, 3.8) is 0 Å². The molecule has 88 valence electrons. The van der Waals surface area contributed by atoms with Crippen LogP contribution in [0, 0.1) is 0 Å². The first-order chi connectivity index (χ1) is 8.16. The van der Waals surface area contributed by atoms with Gasteiger partial charge in [-0.3, -0.25) is 9.59 Å². The van der Waals surface area contributed by atoms with Crippen molar-refractivity contribution in [3.05, 3.63) is 42.4 Å². The highest BCUT2D eigenvalue weighted by Gasteiger charge is 2.16. The molecular weight excluding hydrogens is 286 g/mol. The van der Waals surface area contributed by atoms with Crippen LogP contribution in [-0.2, 0) is 13.0 Å². The van der Waals surface area contributed by atoms with Crippen molar-refractivity contribution in [1.29, 1.82) is 0 Å². The number of rotatable bonds is 0. The number of fused-ring (bicyclic) bond motifs is 3. The number of aromatic amines is 2. The first-order valence-corrected chi connectivity index (χ1v) is 6.13. The Kier molecular flexibility index (Phi) is 2.41. The topological polar surface area (TPSA) is 77.8 Å². The van der Waals surface area contributed by atoms with Crippen molar-refractivity contribution in [1.82, 2.24) is 15.3 Å². The SMILES string of the molecule is O=c1[nH]c2cc(Br)c3c(c2[nH]c1=O)CCNC3. The number of aromatic nitrogens is 2. The number of hydrogen-bond donors (Lipinski definition) is 3. The van der Waals surface area contributed by atoms with Crippen LogP contribution in [0.15, 0.2) is 20.1 Å². The summed E-state index contributed by atoms with van der Waals surface area (Å²) in [5, 5.41) is 3.28. The van der Waals surface area contributed by atoms with Crippen molar-refractivity contribution in [2.75, 3.05) is 6.54 Å². The molecule has 0 bridgehead atoms. The maximum atomic E-state index is 11.4. The van der Waals surface area contributed by atoms with Crippen LogP contribution in [-0.4, -0.2) is 16.5 Å². The van der Waals surface area contributed by atoms with E-state index in [2.05, 4.69) is 31.2 Å². The molecule has 0 fully saturated rings. The Morgan fingerprint density at radius 1 is 1.12 bits per heavy atom. The molecule has 0 unspecified atom stereocenters. The van der Waals surface area contributed by atoms with Crippen LogP contribution in [0.1, 0.15) is 11.1 Å². The summed E-state index contributed by atoms with van der Waals surface area (Å²) in [6.45, 7) is 1.65. The van der Waals surface area contributed by atoms with Crippen molar-refractivity contribution < 1.29 is 0 Å². The second kappa shape index (κ2) is 3.82. The summed E-state index contributed by atoms with van der Waals surface area (Å²) in [4.78, 5) is 27.9. The second-order valence-electron chi connectivity index (χ2n) is 4.07. The van der Waals surface area contributed by atoms with Crippen molar-refractivity contribution in [3.8, 4) is 0 Å². The molecule has 0 saturated carbocycles. The Hall–Kier alpha value is -1.40. The first kappa shape index (κ1) is 10.7. The van der Waals surface area contributed by atoms with E-state index in [4.69, 9.17) is 0 Å². The third-order valence-electron chi connectivity index (χ3n) is 3.04. The average molecular weight is 296 g/mol. The lowest BCUT2D eigenvalue weighted by atomic mass is 9.99. The molecule has 5 nitrogen and oxygen atoms in total. The van der Waals surface area contributed by atoms with E-state index in [1.54, 1.807) is 0 Å². The van der Waals surface area contributed by atoms with E-state index in [0.717, 1.165) is 40.6 Å².